The van der Waals surface area contributed by atoms with E-state index in [4.69, 9.17) is 0 Å². The lowest BCUT2D eigenvalue weighted by Crippen LogP contribution is -2.20. The first kappa shape index (κ1) is 15.2. The summed E-state index contributed by atoms with van der Waals surface area (Å²) < 4.78 is 13.9. The summed E-state index contributed by atoms with van der Waals surface area (Å²) in [4.78, 5) is 10.2. The van der Waals surface area contributed by atoms with Gasteiger partial charge in [0, 0.05) is 37.3 Å². The largest absolute Gasteiger partial charge is 0.345 e. The fourth-order valence-electron chi connectivity index (χ4n) is 3.23. The summed E-state index contributed by atoms with van der Waals surface area (Å²) in [6.45, 7) is 5.01. The number of unbranched alkanes of at least 4 members (excludes halogenated alkanes) is 1. The van der Waals surface area contributed by atoms with Gasteiger partial charge in [0.15, 0.2) is 0 Å². The predicted octanol–water partition coefficient (Wildman–Crippen LogP) is 3.88. The molecule has 1 aromatic carbocycles. The number of H-pyrrole nitrogens is 1. The van der Waals surface area contributed by atoms with Gasteiger partial charge >= 0.3 is 0 Å². The molecule has 0 amide bonds. The fourth-order valence-corrected chi connectivity index (χ4v) is 3.23. The van der Waals surface area contributed by atoms with E-state index in [0.29, 0.717) is 5.92 Å². The summed E-state index contributed by atoms with van der Waals surface area (Å²) in [7, 11) is 0. The molecule has 0 bridgehead atoms. The van der Waals surface area contributed by atoms with E-state index in [0.717, 1.165) is 43.9 Å². The van der Waals surface area contributed by atoms with Crippen LogP contribution in [0.1, 0.15) is 49.2 Å². The van der Waals surface area contributed by atoms with Gasteiger partial charge in [-0.3, -0.25) is 4.90 Å². The Labute approximate surface area is 131 Å². The van der Waals surface area contributed by atoms with E-state index < -0.39 is 0 Å². The molecular formula is C18H24FN3. The van der Waals surface area contributed by atoms with Crippen LogP contribution in [-0.4, -0.2) is 28.0 Å². The van der Waals surface area contributed by atoms with Crippen LogP contribution in [0.25, 0.3) is 0 Å². The monoisotopic (exact) mass is 301 g/mol. The number of aromatic nitrogens is 2. The molecule has 2 aromatic rings. The summed E-state index contributed by atoms with van der Waals surface area (Å²) in [6, 6.07) is 7.17. The van der Waals surface area contributed by atoms with Crippen molar-refractivity contribution in [3.8, 4) is 0 Å². The van der Waals surface area contributed by atoms with Gasteiger partial charge in [0.1, 0.15) is 11.6 Å². The summed E-state index contributed by atoms with van der Waals surface area (Å²) in [6.07, 6.45) is 6.35. The molecular weight excluding hydrogens is 277 g/mol. The Hall–Kier alpha value is -1.68. The summed E-state index contributed by atoms with van der Waals surface area (Å²) in [5.74, 6) is 1.32. The Morgan fingerprint density at radius 3 is 3.05 bits per heavy atom. The minimum atomic E-state index is -0.0715. The number of benzene rings is 1. The Kier molecular flexibility index (Phi) is 4.88. The first-order valence-corrected chi connectivity index (χ1v) is 8.25. The standard InChI is InChI=1S/C18H24FN3/c1-2-3-8-18-20-11-15(21-18)13-22-10-9-14(12-22)16-6-4-5-7-17(16)19/h4-7,11,14H,2-3,8-10,12-13H2,1H3,(H,20,21). The number of aromatic amines is 1. The minimum Gasteiger partial charge on any atom is -0.345 e. The normalized spacial score (nSPS) is 18.9. The molecule has 118 valence electrons. The van der Waals surface area contributed by atoms with E-state index in [1.165, 1.54) is 18.5 Å². The minimum absolute atomic E-state index is 0.0715. The van der Waals surface area contributed by atoms with Crippen LogP contribution in [0.4, 0.5) is 4.39 Å². The lowest BCUT2D eigenvalue weighted by Gasteiger charge is -2.15. The third kappa shape index (κ3) is 3.55. The zero-order valence-corrected chi connectivity index (χ0v) is 13.2. The SMILES string of the molecule is CCCCc1ncc(CN2CCC(c3ccccc3F)C2)[nH]1. The molecule has 1 aliphatic heterocycles. The van der Waals surface area contributed by atoms with Crippen LogP contribution < -0.4 is 0 Å². The average molecular weight is 301 g/mol. The number of nitrogens with zero attached hydrogens (tertiary/aromatic N) is 2. The Balaban J connectivity index is 1.57. The second-order valence-electron chi connectivity index (χ2n) is 6.20. The Bertz CT molecular complexity index is 608. The second kappa shape index (κ2) is 7.05. The van der Waals surface area contributed by atoms with Crippen LogP contribution in [0.3, 0.4) is 0 Å². The first-order chi connectivity index (χ1) is 10.8. The van der Waals surface area contributed by atoms with Gasteiger partial charge in [0.25, 0.3) is 0 Å². The van der Waals surface area contributed by atoms with Gasteiger partial charge < -0.3 is 4.98 Å². The van der Waals surface area contributed by atoms with E-state index in [1.54, 1.807) is 12.1 Å². The van der Waals surface area contributed by atoms with Crippen molar-refractivity contribution in [1.82, 2.24) is 14.9 Å². The lowest BCUT2D eigenvalue weighted by atomic mass is 9.98. The molecule has 1 unspecified atom stereocenters. The highest BCUT2D eigenvalue weighted by Crippen LogP contribution is 2.29. The quantitative estimate of drug-likeness (QED) is 0.878. The van der Waals surface area contributed by atoms with Gasteiger partial charge in [-0.1, -0.05) is 31.5 Å². The number of likely N-dealkylation sites (tertiary alicyclic amines) is 1. The van der Waals surface area contributed by atoms with Crippen molar-refractivity contribution >= 4 is 0 Å². The van der Waals surface area contributed by atoms with Gasteiger partial charge in [0.2, 0.25) is 0 Å². The van der Waals surface area contributed by atoms with Crippen LogP contribution in [0.2, 0.25) is 0 Å². The van der Waals surface area contributed by atoms with Gasteiger partial charge in [-0.25, -0.2) is 9.37 Å². The van der Waals surface area contributed by atoms with Crippen molar-refractivity contribution < 1.29 is 4.39 Å². The number of imidazole rings is 1. The molecule has 1 saturated heterocycles. The van der Waals surface area contributed by atoms with Gasteiger partial charge in [-0.15, -0.1) is 0 Å². The molecule has 3 nitrogen and oxygen atoms in total. The Morgan fingerprint density at radius 1 is 1.36 bits per heavy atom. The van der Waals surface area contributed by atoms with Gasteiger partial charge in [-0.2, -0.15) is 0 Å². The molecule has 0 radical (unpaired) electrons. The molecule has 22 heavy (non-hydrogen) atoms. The predicted molar refractivity (Wildman–Crippen MR) is 86.2 cm³/mol. The number of rotatable bonds is 6. The fraction of sp³-hybridized carbons (Fsp3) is 0.500. The van der Waals surface area contributed by atoms with Crippen molar-refractivity contribution in [1.29, 1.82) is 0 Å². The van der Waals surface area contributed by atoms with Crippen LogP contribution >= 0.6 is 0 Å². The highest BCUT2D eigenvalue weighted by atomic mass is 19.1. The van der Waals surface area contributed by atoms with Crippen LogP contribution in [0, 0.1) is 5.82 Å². The molecule has 0 aliphatic carbocycles. The average Bonchev–Trinajstić information content (AvgIpc) is 3.16. The third-order valence-electron chi connectivity index (χ3n) is 4.46. The number of hydrogen-bond donors (Lipinski definition) is 1. The van der Waals surface area contributed by atoms with E-state index in [-0.39, 0.29) is 5.82 Å². The Morgan fingerprint density at radius 2 is 2.23 bits per heavy atom. The van der Waals surface area contributed by atoms with E-state index >= 15 is 0 Å². The number of nitrogens with one attached hydrogen (secondary N) is 1. The highest BCUT2D eigenvalue weighted by Gasteiger charge is 2.25. The van der Waals surface area contributed by atoms with Crippen LogP contribution in [0.5, 0.6) is 0 Å². The number of halogens is 1. The van der Waals surface area contributed by atoms with Crippen molar-refractivity contribution in [2.24, 2.45) is 0 Å². The van der Waals surface area contributed by atoms with E-state index in [9.17, 15) is 4.39 Å². The molecule has 1 fully saturated rings. The van der Waals surface area contributed by atoms with Gasteiger partial charge in [0.05, 0.1) is 0 Å². The number of hydrogen-bond acceptors (Lipinski definition) is 2. The zero-order chi connectivity index (χ0) is 15.4. The van der Waals surface area contributed by atoms with Crippen molar-refractivity contribution in [2.75, 3.05) is 13.1 Å². The van der Waals surface area contributed by atoms with Crippen molar-refractivity contribution in [2.45, 2.75) is 45.1 Å². The third-order valence-corrected chi connectivity index (χ3v) is 4.46. The van der Waals surface area contributed by atoms with E-state index in [1.807, 2.05) is 18.3 Å². The summed E-state index contributed by atoms with van der Waals surface area (Å²) in [5.41, 5.74) is 2.03. The molecule has 3 rings (SSSR count). The molecule has 1 N–H and O–H groups in total. The highest BCUT2D eigenvalue weighted by molar-refractivity contribution is 5.23. The lowest BCUT2D eigenvalue weighted by molar-refractivity contribution is 0.322. The smallest absolute Gasteiger partial charge is 0.126 e. The zero-order valence-electron chi connectivity index (χ0n) is 13.2. The number of aryl methyl sites for hydroxylation is 1. The van der Waals surface area contributed by atoms with Crippen molar-refractivity contribution in [3.05, 3.63) is 53.4 Å². The molecule has 0 spiro atoms. The molecule has 2 heterocycles. The van der Waals surface area contributed by atoms with E-state index in [2.05, 4.69) is 21.8 Å². The molecule has 4 heteroatoms. The van der Waals surface area contributed by atoms with Gasteiger partial charge in [-0.05, 0) is 31.0 Å². The van der Waals surface area contributed by atoms with Crippen LogP contribution in [-0.2, 0) is 13.0 Å². The summed E-state index contributed by atoms with van der Waals surface area (Å²) in [5, 5.41) is 0. The maximum Gasteiger partial charge on any atom is 0.126 e. The maximum absolute atomic E-state index is 13.9. The topological polar surface area (TPSA) is 31.9 Å². The first-order valence-electron chi connectivity index (χ1n) is 8.25. The van der Waals surface area contributed by atoms with Crippen LogP contribution in [0.15, 0.2) is 30.5 Å². The maximum atomic E-state index is 13.9. The summed E-state index contributed by atoms with van der Waals surface area (Å²) >= 11 is 0. The molecule has 1 aliphatic rings. The molecule has 1 atom stereocenters. The molecule has 1 aromatic heterocycles. The second-order valence-corrected chi connectivity index (χ2v) is 6.20. The molecule has 0 saturated carbocycles. The van der Waals surface area contributed by atoms with Crippen molar-refractivity contribution in [3.63, 3.8) is 0 Å².